The summed E-state index contributed by atoms with van der Waals surface area (Å²) >= 11 is 3.20. The number of pyridine rings is 1. The molecule has 0 amide bonds. The summed E-state index contributed by atoms with van der Waals surface area (Å²) in [7, 11) is 0. The SMILES string of the molecule is N=C(N)c1cc(C(F)(F)F)ccc1Oc1cncc(Br)c1. The third-order valence-electron chi connectivity index (χ3n) is 2.50. The molecule has 21 heavy (non-hydrogen) atoms. The van der Waals surface area contributed by atoms with Crippen LogP contribution in [0.2, 0.25) is 0 Å². The van der Waals surface area contributed by atoms with E-state index in [1.807, 2.05) is 0 Å². The summed E-state index contributed by atoms with van der Waals surface area (Å²) < 4.78 is 44.1. The molecule has 0 saturated heterocycles. The van der Waals surface area contributed by atoms with Gasteiger partial charge in [0.2, 0.25) is 0 Å². The molecule has 0 radical (unpaired) electrons. The highest BCUT2D eigenvalue weighted by Gasteiger charge is 2.31. The van der Waals surface area contributed by atoms with Crippen LogP contribution in [0.15, 0.2) is 41.1 Å². The van der Waals surface area contributed by atoms with Gasteiger partial charge in [-0.3, -0.25) is 10.4 Å². The van der Waals surface area contributed by atoms with Crippen LogP contribution in [0, 0.1) is 5.41 Å². The van der Waals surface area contributed by atoms with Gasteiger partial charge in [-0.1, -0.05) is 0 Å². The van der Waals surface area contributed by atoms with Crippen LogP contribution >= 0.6 is 15.9 Å². The first-order valence-electron chi connectivity index (χ1n) is 5.61. The van der Waals surface area contributed by atoms with Gasteiger partial charge in [0.25, 0.3) is 0 Å². The van der Waals surface area contributed by atoms with Crippen LogP contribution in [-0.4, -0.2) is 10.8 Å². The molecule has 3 N–H and O–H groups in total. The van der Waals surface area contributed by atoms with E-state index in [1.165, 1.54) is 12.4 Å². The minimum absolute atomic E-state index is 0.0513. The fourth-order valence-electron chi connectivity index (χ4n) is 1.58. The van der Waals surface area contributed by atoms with Crippen molar-refractivity contribution in [3.8, 4) is 11.5 Å². The number of nitrogen functional groups attached to an aromatic ring is 1. The van der Waals surface area contributed by atoms with Gasteiger partial charge in [0.1, 0.15) is 17.3 Å². The maximum Gasteiger partial charge on any atom is 0.416 e. The number of alkyl halides is 3. The highest BCUT2D eigenvalue weighted by atomic mass is 79.9. The van der Waals surface area contributed by atoms with E-state index in [9.17, 15) is 13.2 Å². The number of halogens is 4. The Morgan fingerprint density at radius 2 is 1.95 bits per heavy atom. The molecule has 0 aliphatic rings. The molecule has 0 unspecified atom stereocenters. The zero-order valence-electron chi connectivity index (χ0n) is 10.4. The lowest BCUT2D eigenvalue weighted by atomic mass is 10.1. The second-order valence-corrected chi connectivity index (χ2v) is 4.98. The van der Waals surface area contributed by atoms with Crippen molar-refractivity contribution in [1.82, 2.24) is 4.98 Å². The lowest BCUT2D eigenvalue weighted by Crippen LogP contribution is -2.15. The van der Waals surface area contributed by atoms with Crippen molar-refractivity contribution in [3.63, 3.8) is 0 Å². The van der Waals surface area contributed by atoms with Crippen molar-refractivity contribution >= 4 is 21.8 Å². The van der Waals surface area contributed by atoms with Crippen LogP contribution in [0.25, 0.3) is 0 Å². The molecule has 110 valence electrons. The number of aromatic nitrogens is 1. The van der Waals surface area contributed by atoms with E-state index >= 15 is 0 Å². The van der Waals surface area contributed by atoms with Gasteiger partial charge >= 0.3 is 6.18 Å². The van der Waals surface area contributed by atoms with Gasteiger partial charge in [-0.25, -0.2) is 0 Å². The fraction of sp³-hybridized carbons (Fsp3) is 0.0769. The van der Waals surface area contributed by atoms with Crippen molar-refractivity contribution in [1.29, 1.82) is 5.41 Å². The molecule has 0 saturated carbocycles. The Labute approximate surface area is 126 Å². The highest BCUT2D eigenvalue weighted by Crippen LogP contribution is 2.34. The van der Waals surface area contributed by atoms with Gasteiger partial charge in [0.15, 0.2) is 0 Å². The molecule has 0 aliphatic heterocycles. The third kappa shape index (κ3) is 3.72. The topological polar surface area (TPSA) is 72.0 Å². The Bertz CT molecular complexity index is 689. The normalized spacial score (nSPS) is 11.2. The minimum atomic E-state index is -4.51. The summed E-state index contributed by atoms with van der Waals surface area (Å²) in [5.41, 5.74) is 4.29. The second-order valence-electron chi connectivity index (χ2n) is 4.06. The van der Waals surface area contributed by atoms with E-state index in [0.29, 0.717) is 10.2 Å². The maximum atomic E-state index is 12.7. The zero-order chi connectivity index (χ0) is 15.6. The summed E-state index contributed by atoms with van der Waals surface area (Å²) in [4.78, 5) is 3.87. The van der Waals surface area contributed by atoms with E-state index in [-0.39, 0.29) is 11.3 Å². The highest BCUT2D eigenvalue weighted by molar-refractivity contribution is 9.10. The zero-order valence-corrected chi connectivity index (χ0v) is 12.0. The number of amidine groups is 1. The van der Waals surface area contributed by atoms with Gasteiger partial charge in [-0.15, -0.1) is 0 Å². The smallest absolute Gasteiger partial charge is 0.416 e. The number of hydrogen-bond donors (Lipinski definition) is 2. The van der Waals surface area contributed by atoms with Gasteiger partial charge in [-0.05, 0) is 40.2 Å². The van der Waals surface area contributed by atoms with E-state index in [4.69, 9.17) is 15.9 Å². The molecular formula is C13H9BrF3N3O. The quantitative estimate of drug-likeness (QED) is 0.643. The monoisotopic (exact) mass is 359 g/mol. The van der Waals surface area contributed by atoms with Gasteiger partial charge < -0.3 is 10.5 Å². The summed E-state index contributed by atoms with van der Waals surface area (Å²) in [5.74, 6) is -0.152. The van der Waals surface area contributed by atoms with Crippen LogP contribution in [0.4, 0.5) is 13.2 Å². The number of nitrogens with one attached hydrogen (secondary N) is 1. The summed E-state index contributed by atoms with van der Waals surface area (Å²) in [5, 5.41) is 7.39. The summed E-state index contributed by atoms with van der Waals surface area (Å²) in [6, 6.07) is 4.37. The average molecular weight is 360 g/mol. The predicted molar refractivity (Wildman–Crippen MR) is 74.5 cm³/mol. The van der Waals surface area contributed by atoms with E-state index in [1.54, 1.807) is 6.07 Å². The number of nitrogens with zero attached hydrogens (tertiary/aromatic N) is 1. The average Bonchev–Trinajstić information content (AvgIpc) is 2.37. The van der Waals surface area contributed by atoms with Crippen LogP contribution in [0.5, 0.6) is 11.5 Å². The standard InChI is InChI=1S/C13H9BrF3N3O/c14-8-4-9(6-20-5-8)21-11-2-1-7(13(15,16)17)3-10(11)12(18)19/h1-6H,(H3,18,19). The van der Waals surface area contributed by atoms with Gasteiger partial charge in [0.05, 0.1) is 17.3 Å². The molecule has 0 bridgehead atoms. The van der Waals surface area contributed by atoms with E-state index in [2.05, 4.69) is 20.9 Å². The first-order chi connectivity index (χ1) is 9.77. The van der Waals surface area contributed by atoms with Crippen LogP contribution in [0.1, 0.15) is 11.1 Å². The molecule has 2 rings (SSSR count). The molecular weight excluding hydrogens is 351 g/mol. The van der Waals surface area contributed by atoms with Crippen molar-refractivity contribution in [2.45, 2.75) is 6.18 Å². The minimum Gasteiger partial charge on any atom is -0.455 e. The Balaban J connectivity index is 2.42. The van der Waals surface area contributed by atoms with Crippen molar-refractivity contribution in [2.24, 2.45) is 5.73 Å². The number of rotatable bonds is 3. The Kier molecular flexibility index (Phi) is 4.17. The molecule has 8 heteroatoms. The van der Waals surface area contributed by atoms with Crippen molar-refractivity contribution in [2.75, 3.05) is 0 Å². The lowest BCUT2D eigenvalue weighted by molar-refractivity contribution is -0.137. The molecule has 0 aliphatic carbocycles. The summed E-state index contributed by atoms with van der Waals surface area (Å²) in [6.07, 6.45) is -1.59. The largest absolute Gasteiger partial charge is 0.455 e. The molecule has 0 atom stereocenters. The number of ether oxygens (including phenoxy) is 1. The Hall–Kier alpha value is -2.09. The second kappa shape index (κ2) is 5.72. The van der Waals surface area contributed by atoms with Crippen LogP contribution < -0.4 is 10.5 Å². The molecule has 1 aromatic carbocycles. The molecule has 4 nitrogen and oxygen atoms in total. The van der Waals surface area contributed by atoms with Gasteiger partial charge in [-0.2, -0.15) is 13.2 Å². The molecule has 1 heterocycles. The number of nitrogens with two attached hydrogens (primary N) is 1. The third-order valence-corrected chi connectivity index (χ3v) is 2.94. The van der Waals surface area contributed by atoms with E-state index < -0.39 is 17.6 Å². The number of hydrogen-bond acceptors (Lipinski definition) is 3. The Morgan fingerprint density at radius 1 is 1.24 bits per heavy atom. The molecule has 2 aromatic rings. The van der Waals surface area contributed by atoms with Crippen molar-refractivity contribution < 1.29 is 17.9 Å². The van der Waals surface area contributed by atoms with Crippen LogP contribution in [-0.2, 0) is 6.18 Å². The van der Waals surface area contributed by atoms with Crippen LogP contribution in [0.3, 0.4) is 0 Å². The maximum absolute atomic E-state index is 12.7. The lowest BCUT2D eigenvalue weighted by Gasteiger charge is -2.13. The molecule has 0 fully saturated rings. The van der Waals surface area contributed by atoms with Crippen molar-refractivity contribution in [3.05, 3.63) is 52.3 Å². The predicted octanol–water partition coefficient (Wildman–Crippen LogP) is 3.94. The molecule has 1 aromatic heterocycles. The van der Waals surface area contributed by atoms with Gasteiger partial charge in [0, 0.05) is 10.7 Å². The molecule has 0 spiro atoms. The van der Waals surface area contributed by atoms with E-state index in [0.717, 1.165) is 18.2 Å². The number of benzene rings is 1. The first-order valence-corrected chi connectivity index (χ1v) is 6.40. The fourth-order valence-corrected chi connectivity index (χ4v) is 1.92. The Morgan fingerprint density at radius 3 is 2.52 bits per heavy atom. The first kappa shape index (κ1) is 15.3. The summed E-state index contributed by atoms with van der Waals surface area (Å²) in [6.45, 7) is 0.